The van der Waals surface area contributed by atoms with Crippen LogP contribution in [0.15, 0.2) is 4.99 Å². The number of nitrogens with one attached hydrogen (secondary N) is 1. The van der Waals surface area contributed by atoms with E-state index in [1.165, 1.54) is 19.3 Å². The van der Waals surface area contributed by atoms with Gasteiger partial charge in [0.2, 0.25) is 5.91 Å². The highest BCUT2D eigenvalue weighted by Gasteiger charge is 2.17. The lowest BCUT2D eigenvalue weighted by Gasteiger charge is -2.26. The predicted molar refractivity (Wildman–Crippen MR) is 94.7 cm³/mol. The summed E-state index contributed by atoms with van der Waals surface area (Å²) in [4.78, 5) is 15.1. The van der Waals surface area contributed by atoms with Gasteiger partial charge in [-0.05, 0) is 39.0 Å². The maximum absolute atomic E-state index is 10.7. The monoisotopic (exact) mass is 312 g/mol. The molecular formula is C17H36N4O. The second-order valence-electron chi connectivity index (χ2n) is 7.19. The topological polar surface area (TPSA) is 93.5 Å². The van der Waals surface area contributed by atoms with Crippen LogP contribution in [0.3, 0.4) is 0 Å². The van der Waals surface area contributed by atoms with Crippen molar-refractivity contribution in [2.24, 2.45) is 22.4 Å². The van der Waals surface area contributed by atoms with E-state index in [2.05, 4.69) is 38.0 Å². The number of amides is 1. The Morgan fingerprint density at radius 1 is 1.09 bits per heavy atom. The smallest absolute Gasteiger partial charge is 0.217 e. The van der Waals surface area contributed by atoms with E-state index < -0.39 is 0 Å². The van der Waals surface area contributed by atoms with E-state index in [0.717, 1.165) is 38.1 Å². The fraction of sp³-hybridized carbons (Fsp3) is 0.882. The summed E-state index contributed by atoms with van der Waals surface area (Å²) in [6.45, 7) is 9.50. The number of hydrogen-bond donors (Lipinski definition) is 3. The highest BCUT2D eigenvalue weighted by Crippen LogP contribution is 2.13. The number of aliphatic imine (C=N–C) groups is 1. The van der Waals surface area contributed by atoms with E-state index in [-0.39, 0.29) is 11.4 Å². The van der Waals surface area contributed by atoms with Crippen molar-refractivity contribution in [1.82, 2.24) is 5.32 Å². The van der Waals surface area contributed by atoms with E-state index in [0.29, 0.717) is 12.4 Å². The van der Waals surface area contributed by atoms with Crippen LogP contribution in [0.25, 0.3) is 0 Å². The van der Waals surface area contributed by atoms with Gasteiger partial charge in [0.15, 0.2) is 5.96 Å². The standard InChI is InChI=1S/C17H36N4O/c1-14(2)10-6-5-9-13-20-16(19)21-17(3,4)12-8-7-11-15(18)22/h14H,5-13H2,1-4H3,(H2,18,22)(H3,19,20,21). The van der Waals surface area contributed by atoms with Gasteiger partial charge >= 0.3 is 0 Å². The van der Waals surface area contributed by atoms with Crippen molar-refractivity contribution in [3.63, 3.8) is 0 Å². The molecule has 0 fully saturated rings. The van der Waals surface area contributed by atoms with Gasteiger partial charge in [-0.3, -0.25) is 9.79 Å². The van der Waals surface area contributed by atoms with Gasteiger partial charge in [0.05, 0.1) is 0 Å². The molecule has 0 spiro atoms. The molecule has 0 aliphatic rings. The van der Waals surface area contributed by atoms with E-state index in [1.54, 1.807) is 0 Å². The van der Waals surface area contributed by atoms with Crippen molar-refractivity contribution in [3.8, 4) is 0 Å². The summed E-state index contributed by atoms with van der Waals surface area (Å²) >= 11 is 0. The molecule has 0 radical (unpaired) electrons. The minimum atomic E-state index is -0.232. The van der Waals surface area contributed by atoms with Gasteiger partial charge in [-0.25, -0.2) is 0 Å². The van der Waals surface area contributed by atoms with Crippen molar-refractivity contribution < 1.29 is 4.79 Å². The number of nitrogens with zero attached hydrogens (tertiary/aromatic N) is 1. The summed E-state index contributed by atoms with van der Waals surface area (Å²) in [5.41, 5.74) is 11.0. The Hall–Kier alpha value is -1.26. The highest BCUT2D eigenvalue weighted by molar-refractivity contribution is 5.78. The van der Waals surface area contributed by atoms with Crippen LogP contribution >= 0.6 is 0 Å². The number of unbranched alkanes of at least 4 members (excludes halogenated alkanes) is 3. The number of hydrogen-bond acceptors (Lipinski definition) is 2. The zero-order chi connectivity index (χ0) is 17.0. The third-order valence-corrected chi connectivity index (χ3v) is 3.66. The molecule has 5 nitrogen and oxygen atoms in total. The van der Waals surface area contributed by atoms with Crippen LogP contribution in [-0.2, 0) is 4.79 Å². The minimum Gasteiger partial charge on any atom is -0.370 e. The van der Waals surface area contributed by atoms with E-state index in [9.17, 15) is 4.79 Å². The summed E-state index contributed by atoms with van der Waals surface area (Å²) in [6.07, 6.45) is 8.03. The summed E-state index contributed by atoms with van der Waals surface area (Å²) < 4.78 is 0. The molecule has 0 aliphatic carbocycles. The molecule has 0 unspecified atom stereocenters. The van der Waals surface area contributed by atoms with Gasteiger partial charge in [-0.2, -0.15) is 0 Å². The van der Waals surface area contributed by atoms with Crippen LogP contribution in [0.4, 0.5) is 0 Å². The van der Waals surface area contributed by atoms with Crippen molar-refractivity contribution in [3.05, 3.63) is 0 Å². The SMILES string of the molecule is CC(C)CCCCCN=C(N)NC(C)(C)CCCCC(N)=O. The number of primary amides is 1. The first kappa shape index (κ1) is 20.7. The van der Waals surface area contributed by atoms with Crippen molar-refractivity contribution in [2.45, 2.75) is 84.6 Å². The van der Waals surface area contributed by atoms with E-state index >= 15 is 0 Å². The van der Waals surface area contributed by atoms with Crippen LogP contribution < -0.4 is 16.8 Å². The molecule has 0 aromatic rings. The highest BCUT2D eigenvalue weighted by atomic mass is 16.1. The number of rotatable bonds is 12. The second kappa shape index (κ2) is 11.3. The Balaban J connectivity index is 3.83. The molecule has 0 aromatic carbocycles. The number of carbonyl (C=O) groups is 1. The Morgan fingerprint density at radius 2 is 1.77 bits per heavy atom. The van der Waals surface area contributed by atoms with Crippen molar-refractivity contribution in [1.29, 1.82) is 0 Å². The molecule has 0 saturated heterocycles. The number of nitrogens with two attached hydrogens (primary N) is 2. The molecule has 130 valence electrons. The first-order chi connectivity index (χ1) is 10.2. The molecule has 5 heteroatoms. The maximum atomic E-state index is 10.7. The van der Waals surface area contributed by atoms with Gasteiger partial charge in [0.25, 0.3) is 0 Å². The largest absolute Gasteiger partial charge is 0.370 e. The third-order valence-electron chi connectivity index (χ3n) is 3.66. The quantitative estimate of drug-likeness (QED) is 0.294. The molecule has 1 amide bonds. The van der Waals surface area contributed by atoms with Gasteiger partial charge in [0.1, 0.15) is 0 Å². The predicted octanol–water partition coefficient (Wildman–Crippen LogP) is 2.93. The Morgan fingerprint density at radius 3 is 2.36 bits per heavy atom. The van der Waals surface area contributed by atoms with Crippen LogP contribution in [0.5, 0.6) is 0 Å². The van der Waals surface area contributed by atoms with Gasteiger partial charge in [-0.15, -0.1) is 0 Å². The third kappa shape index (κ3) is 13.7. The molecule has 5 N–H and O–H groups in total. The van der Waals surface area contributed by atoms with Crippen LogP contribution in [0, 0.1) is 5.92 Å². The maximum Gasteiger partial charge on any atom is 0.217 e. The second-order valence-corrected chi connectivity index (χ2v) is 7.19. The lowest BCUT2D eigenvalue weighted by Crippen LogP contribution is -2.47. The molecule has 0 saturated carbocycles. The van der Waals surface area contributed by atoms with Crippen LogP contribution in [0.1, 0.15) is 79.1 Å². The number of guanidine groups is 1. The van der Waals surface area contributed by atoms with E-state index in [4.69, 9.17) is 11.5 Å². The first-order valence-electron chi connectivity index (χ1n) is 8.59. The Kier molecular flexibility index (Phi) is 10.7. The fourth-order valence-electron chi connectivity index (χ4n) is 2.36. The summed E-state index contributed by atoms with van der Waals surface area (Å²) in [5.74, 6) is 1.07. The summed E-state index contributed by atoms with van der Waals surface area (Å²) in [6, 6.07) is 0. The number of carbonyl (C=O) groups excluding carboxylic acids is 1. The van der Waals surface area contributed by atoms with Gasteiger partial charge < -0.3 is 16.8 Å². The molecule has 0 bridgehead atoms. The normalized spacial score (nSPS) is 12.7. The molecule has 22 heavy (non-hydrogen) atoms. The van der Waals surface area contributed by atoms with Crippen LogP contribution in [0.2, 0.25) is 0 Å². The summed E-state index contributed by atoms with van der Waals surface area (Å²) in [7, 11) is 0. The van der Waals surface area contributed by atoms with Crippen LogP contribution in [-0.4, -0.2) is 24.0 Å². The lowest BCUT2D eigenvalue weighted by molar-refractivity contribution is -0.118. The molecule has 0 rings (SSSR count). The molecule has 0 atom stereocenters. The van der Waals surface area contributed by atoms with E-state index in [1.807, 2.05) is 0 Å². The van der Waals surface area contributed by atoms with Crippen molar-refractivity contribution in [2.75, 3.05) is 6.54 Å². The lowest BCUT2D eigenvalue weighted by atomic mass is 9.97. The van der Waals surface area contributed by atoms with Gasteiger partial charge in [-0.1, -0.05) is 39.5 Å². The average Bonchev–Trinajstić information content (AvgIpc) is 2.37. The fourth-order valence-corrected chi connectivity index (χ4v) is 2.36. The van der Waals surface area contributed by atoms with Crippen molar-refractivity contribution >= 4 is 11.9 Å². The minimum absolute atomic E-state index is 0.108. The molecule has 0 aromatic heterocycles. The Labute approximate surface area is 136 Å². The average molecular weight is 313 g/mol. The first-order valence-corrected chi connectivity index (χ1v) is 8.59. The molecule has 0 heterocycles. The molecular weight excluding hydrogens is 276 g/mol. The zero-order valence-corrected chi connectivity index (χ0v) is 15.0. The summed E-state index contributed by atoms with van der Waals surface area (Å²) in [5, 5.41) is 3.27. The van der Waals surface area contributed by atoms with Gasteiger partial charge in [0, 0.05) is 18.5 Å². The molecule has 0 aliphatic heterocycles. The zero-order valence-electron chi connectivity index (χ0n) is 15.0. The Bertz CT molecular complexity index is 338.